The van der Waals surface area contributed by atoms with E-state index in [0.717, 1.165) is 6.08 Å². The molecule has 0 radical (unpaired) electrons. The second-order valence-corrected chi connectivity index (χ2v) is 1.67. The third kappa shape index (κ3) is 22.5. The Labute approximate surface area is 114 Å². The van der Waals surface area contributed by atoms with Crippen LogP contribution in [0.1, 0.15) is 6.92 Å². The second kappa shape index (κ2) is 11.1. The van der Waals surface area contributed by atoms with Crippen LogP contribution >= 0.6 is 0 Å². The summed E-state index contributed by atoms with van der Waals surface area (Å²) in [6.07, 6.45) is 1.06. The summed E-state index contributed by atoms with van der Waals surface area (Å²) in [6.45, 7) is 7.56. The predicted molar refractivity (Wildman–Crippen MR) is 39.2 cm³/mol. The van der Waals surface area contributed by atoms with Crippen molar-refractivity contribution in [1.82, 2.24) is 0 Å². The molecule has 5 heteroatoms. The topological polar surface area (TPSA) is 83.2 Å². The van der Waals surface area contributed by atoms with Gasteiger partial charge in [-0.3, -0.25) is 4.79 Å². The molecule has 62 valence electrons. The molecule has 2 N–H and O–H groups in total. The molecule has 0 unspecified atom stereocenters. The molecule has 0 aliphatic rings. The van der Waals surface area contributed by atoms with Gasteiger partial charge in [0.2, 0.25) is 5.91 Å². The van der Waals surface area contributed by atoms with Gasteiger partial charge in [0.05, 0.1) is 5.97 Å². The van der Waals surface area contributed by atoms with E-state index < -0.39 is 11.9 Å². The van der Waals surface area contributed by atoms with Crippen LogP contribution in [0.25, 0.3) is 0 Å². The number of carbonyl (C=O) groups is 2. The molecule has 0 saturated heterocycles. The van der Waals surface area contributed by atoms with Crippen molar-refractivity contribution in [2.45, 2.75) is 6.92 Å². The first-order valence-corrected chi connectivity index (χ1v) is 2.70. The molecule has 0 atom stereocenters. The molecule has 0 fully saturated rings. The van der Waals surface area contributed by atoms with Crippen LogP contribution in [0.2, 0.25) is 0 Å². The van der Waals surface area contributed by atoms with Crippen LogP contribution in [0.5, 0.6) is 0 Å². The van der Waals surface area contributed by atoms with Crippen LogP contribution in [0.3, 0.4) is 0 Å². The fourth-order valence-corrected chi connectivity index (χ4v) is 0. The van der Waals surface area contributed by atoms with Gasteiger partial charge in [0.25, 0.3) is 0 Å². The van der Waals surface area contributed by atoms with E-state index in [1.807, 2.05) is 0 Å². The molecule has 0 saturated carbocycles. The quantitative estimate of drug-likeness (QED) is 0.360. The van der Waals surface area contributed by atoms with Gasteiger partial charge in [-0.05, 0) is 18.6 Å². The van der Waals surface area contributed by atoms with E-state index in [1.54, 1.807) is 0 Å². The molecule has 0 aromatic rings. The second-order valence-electron chi connectivity index (χ2n) is 1.67. The maximum atomic E-state index is 9.49. The Morgan fingerprint density at radius 3 is 1.67 bits per heavy atom. The largest absolute Gasteiger partial charge is 1.00 e. The number of primary amides is 1. The van der Waals surface area contributed by atoms with E-state index in [9.17, 15) is 14.7 Å². The Balaban J connectivity index is -0.000000126. The molecule has 12 heavy (non-hydrogen) atoms. The van der Waals surface area contributed by atoms with Crippen LogP contribution in [-0.4, -0.2) is 11.9 Å². The van der Waals surface area contributed by atoms with E-state index in [2.05, 4.69) is 18.9 Å². The Kier molecular flexibility index (Phi) is 16.6. The molecule has 0 aromatic carbocycles. The number of hydrogen-bond donors (Lipinski definition) is 1. The summed E-state index contributed by atoms with van der Waals surface area (Å²) in [5.74, 6) is -1.67. The van der Waals surface area contributed by atoms with E-state index in [-0.39, 0.29) is 57.0 Å². The maximum Gasteiger partial charge on any atom is 1.00 e. The minimum Gasteiger partial charge on any atom is -0.545 e. The van der Waals surface area contributed by atoms with Crippen LogP contribution in [0, 0.1) is 0 Å². The number of nitrogens with two attached hydrogens (primary N) is 1. The van der Waals surface area contributed by atoms with Crippen molar-refractivity contribution < 1.29 is 66.1 Å². The first-order chi connectivity index (χ1) is 4.91. The van der Waals surface area contributed by atoms with E-state index >= 15 is 0 Å². The molecule has 0 aliphatic heterocycles. The standard InChI is InChI=1S/C4H6O2.C3H5NO.K/c1-3(2)4(5)6;1-2-3(4)5;/h1H2,2H3,(H,5,6);2H,1H2,(H2,4,5);/q;;+1/p-1. The minimum atomic E-state index is -1.19. The van der Waals surface area contributed by atoms with Crippen molar-refractivity contribution >= 4 is 11.9 Å². The Bertz CT molecular complexity index is 177. The van der Waals surface area contributed by atoms with Gasteiger partial charge in [0, 0.05) is 0 Å². The summed E-state index contributed by atoms with van der Waals surface area (Å²) < 4.78 is 0. The summed E-state index contributed by atoms with van der Waals surface area (Å²) in [5, 5.41) is 9.49. The van der Waals surface area contributed by atoms with Crippen molar-refractivity contribution in [3.8, 4) is 0 Å². The number of amides is 1. The van der Waals surface area contributed by atoms with Gasteiger partial charge in [-0.2, -0.15) is 0 Å². The van der Waals surface area contributed by atoms with Crippen LogP contribution < -0.4 is 62.2 Å². The van der Waals surface area contributed by atoms with Crippen molar-refractivity contribution in [2.75, 3.05) is 0 Å². The van der Waals surface area contributed by atoms with Gasteiger partial charge in [-0.1, -0.05) is 13.2 Å². The average molecular weight is 195 g/mol. The fourth-order valence-electron chi connectivity index (χ4n) is 0. The molecule has 0 aliphatic carbocycles. The normalized spacial score (nSPS) is 6.42. The smallest absolute Gasteiger partial charge is 0.545 e. The molecule has 0 bridgehead atoms. The summed E-state index contributed by atoms with van der Waals surface area (Å²) in [6, 6.07) is 0. The summed E-state index contributed by atoms with van der Waals surface area (Å²) in [4.78, 5) is 19.0. The molecule has 1 amide bonds. The van der Waals surface area contributed by atoms with Crippen molar-refractivity contribution in [3.05, 3.63) is 24.8 Å². The fraction of sp³-hybridized carbons (Fsp3) is 0.143. The van der Waals surface area contributed by atoms with Gasteiger partial charge < -0.3 is 15.6 Å². The molecule has 0 spiro atoms. The molecular formula is C7H10KNO3. The first-order valence-electron chi connectivity index (χ1n) is 2.70. The number of carboxylic acid groups (broad SMARTS) is 1. The first kappa shape index (κ1) is 18.0. The summed E-state index contributed by atoms with van der Waals surface area (Å²) >= 11 is 0. The monoisotopic (exact) mass is 195 g/mol. The average Bonchev–Trinajstić information content (AvgIpc) is 1.89. The van der Waals surface area contributed by atoms with Crippen LogP contribution in [-0.2, 0) is 9.59 Å². The summed E-state index contributed by atoms with van der Waals surface area (Å²) in [5.41, 5.74) is 4.60. The Morgan fingerprint density at radius 2 is 1.67 bits per heavy atom. The zero-order valence-electron chi connectivity index (χ0n) is 7.29. The SMILES string of the molecule is C=C(C)C(=O)[O-].C=CC(N)=O.[K+]. The van der Waals surface area contributed by atoms with Gasteiger partial charge in [0.1, 0.15) is 0 Å². The zero-order valence-corrected chi connectivity index (χ0v) is 10.4. The summed E-state index contributed by atoms with van der Waals surface area (Å²) in [7, 11) is 0. The minimum absolute atomic E-state index is 0. The predicted octanol–water partition coefficient (Wildman–Crippen LogP) is -4.03. The van der Waals surface area contributed by atoms with E-state index in [0.29, 0.717) is 0 Å². The number of hydrogen-bond acceptors (Lipinski definition) is 3. The third-order valence-electron chi connectivity index (χ3n) is 0.550. The van der Waals surface area contributed by atoms with Crippen molar-refractivity contribution in [3.63, 3.8) is 0 Å². The Hall–Kier alpha value is 0.0564. The number of rotatable bonds is 2. The van der Waals surface area contributed by atoms with Gasteiger partial charge >= 0.3 is 51.4 Å². The molecule has 0 heterocycles. The van der Waals surface area contributed by atoms with Gasteiger partial charge in [-0.15, -0.1) is 0 Å². The number of aliphatic carboxylic acids is 1. The maximum absolute atomic E-state index is 9.49. The molecular weight excluding hydrogens is 185 g/mol. The van der Waals surface area contributed by atoms with Crippen molar-refractivity contribution in [1.29, 1.82) is 0 Å². The van der Waals surface area contributed by atoms with Crippen LogP contribution in [0.15, 0.2) is 24.8 Å². The Morgan fingerprint density at radius 1 is 1.50 bits per heavy atom. The molecule has 0 rings (SSSR count). The van der Waals surface area contributed by atoms with Crippen molar-refractivity contribution in [2.24, 2.45) is 5.73 Å². The van der Waals surface area contributed by atoms with Gasteiger partial charge in [-0.25, -0.2) is 0 Å². The zero-order chi connectivity index (χ0) is 9.44. The molecule has 0 aromatic heterocycles. The number of carboxylic acids is 1. The molecule has 4 nitrogen and oxygen atoms in total. The third-order valence-corrected chi connectivity index (χ3v) is 0.550. The van der Waals surface area contributed by atoms with Crippen LogP contribution in [0.4, 0.5) is 0 Å². The van der Waals surface area contributed by atoms with Gasteiger partial charge in [0.15, 0.2) is 0 Å². The van der Waals surface area contributed by atoms with E-state index in [1.165, 1.54) is 6.92 Å². The van der Waals surface area contributed by atoms with E-state index in [4.69, 9.17) is 0 Å². The number of carbonyl (C=O) groups excluding carboxylic acids is 2.